The summed E-state index contributed by atoms with van der Waals surface area (Å²) in [5.74, 6) is -0.540. The minimum absolute atomic E-state index is 0.00871. The van der Waals surface area contributed by atoms with Gasteiger partial charge in [0.15, 0.2) is 0 Å². The van der Waals surface area contributed by atoms with Crippen LogP contribution in [0.1, 0.15) is 40.7 Å². The van der Waals surface area contributed by atoms with Gasteiger partial charge in [0.25, 0.3) is 0 Å². The van der Waals surface area contributed by atoms with Crippen molar-refractivity contribution in [1.82, 2.24) is 10.3 Å². The normalized spacial score (nSPS) is 20.5. The number of hydrogen-bond donors (Lipinski definition) is 2. The van der Waals surface area contributed by atoms with Crippen LogP contribution in [0.25, 0.3) is 0 Å². The molecule has 1 saturated heterocycles. The van der Waals surface area contributed by atoms with E-state index in [2.05, 4.69) is 15.6 Å². The van der Waals surface area contributed by atoms with Gasteiger partial charge in [-0.1, -0.05) is 0 Å². The molecule has 2 N–H and O–H groups in total. The molecule has 160 valence electrons. The number of nitrogens with zero attached hydrogens (tertiary/aromatic N) is 2. The molecule has 0 unspecified atom stereocenters. The van der Waals surface area contributed by atoms with Crippen LogP contribution in [-0.4, -0.2) is 43.7 Å². The number of benzene rings is 1. The van der Waals surface area contributed by atoms with Gasteiger partial charge in [0, 0.05) is 37.4 Å². The van der Waals surface area contributed by atoms with Gasteiger partial charge in [0.2, 0.25) is 0 Å². The van der Waals surface area contributed by atoms with Crippen molar-refractivity contribution in [2.75, 3.05) is 37.0 Å². The molecule has 6 nitrogen and oxygen atoms in total. The van der Waals surface area contributed by atoms with E-state index in [-0.39, 0.29) is 29.8 Å². The van der Waals surface area contributed by atoms with E-state index < -0.39 is 17.7 Å². The third kappa shape index (κ3) is 3.69. The number of ether oxygens (including phenoxy) is 1. The van der Waals surface area contributed by atoms with Gasteiger partial charge in [-0.05, 0) is 43.7 Å². The zero-order valence-corrected chi connectivity index (χ0v) is 16.7. The third-order valence-corrected chi connectivity index (χ3v) is 5.68. The summed E-state index contributed by atoms with van der Waals surface area (Å²) in [5, 5.41) is 6.27. The molecular weight excluding hydrogens is 397 g/mol. The van der Waals surface area contributed by atoms with Gasteiger partial charge in [0.05, 0.1) is 35.3 Å². The Hall–Kier alpha value is -2.81. The fourth-order valence-corrected chi connectivity index (χ4v) is 4.41. The van der Waals surface area contributed by atoms with Crippen molar-refractivity contribution in [2.24, 2.45) is 0 Å². The van der Waals surface area contributed by atoms with Crippen molar-refractivity contribution in [3.8, 4) is 0 Å². The third-order valence-electron chi connectivity index (χ3n) is 5.68. The SMILES string of the molecule is CCOC(=O)c1cncc(Nc2cc3c(c(C(F)(F)F)c2)N(C)[C@H]2CCNC[C@@H]32)c1. The number of carbonyl (C=O) groups excluding carboxylic acids is 1. The fraction of sp³-hybridized carbons (Fsp3) is 0.429. The Morgan fingerprint density at radius 2 is 2.10 bits per heavy atom. The van der Waals surface area contributed by atoms with E-state index in [1.807, 2.05) is 0 Å². The van der Waals surface area contributed by atoms with Crippen molar-refractivity contribution >= 4 is 23.0 Å². The van der Waals surface area contributed by atoms with Crippen molar-refractivity contribution in [2.45, 2.75) is 31.5 Å². The summed E-state index contributed by atoms with van der Waals surface area (Å²) in [6, 6.07) is 4.46. The van der Waals surface area contributed by atoms with Gasteiger partial charge < -0.3 is 20.3 Å². The monoisotopic (exact) mass is 420 g/mol. The van der Waals surface area contributed by atoms with Gasteiger partial charge in [-0.25, -0.2) is 4.79 Å². The molecule has 9 heteroatoms. The second kappa shape index (κ2) is 7.79. The average Bonchev–Trinajstić information content (AvgIpc) is 3.00. The fourth-order valence-electron chi connectivity index (χ4n) is 4.41. The highest BCUT2D eigenvalue weighted by molar-refractivity contribution is 5.90. The van der Waals surface area contributed by atoms with Gasteiger partial charge in [-0.15, -0.1) is 0 Å². The smallest absolute Gasteiger partial charge is 0.418 e. The first-order valence-corrected chi connectivity index (χ1v) is 9.87. The van der Waals surface area contributed by atoms with Crippen LogP contribution < -0.4 is 15.5 Å². The summed E-state index contributed by atoms with van der Waals surface area (Å²) in [7, 11) is 1.74. The molecular formula is C21H23F3N4O2. The number of aromatic nitrogens is 1. The van der Waals surface area contributed by atoms with Crippen LogP contribution in [0.2, 0.25) is 0 Å². The number of rotatable bonds is 4. The van der Waals surface area contributed by atoms with E-state index in [4.69, 9.17) is 4.74 Å². The molecule has 2 aliphatic rings. The molecule has 2 aromatic rings. The van der Waals surface area contributed by atoms with Crippen LogP contribution in [0.15, 0.2) is 30.6 Å². The molecule has 1 aromatic carbocycles. The lowest BCUT2D eigenvalue weighted by Gasteiger charge is -2.31. The Balaban J connectivity index is 1.73. The van der Waals surface area contributed by atoms with Gasteiger partial charge >= 0.3 is 12.1 Å². The predicted molar refractivity (Wildman–Crippen MR) is 107 cm³/mol. The van der Waals surface area contributed by atoms with E-state index in [1.54, 1.807) is 24.9 Å². The van der Waals surface area contributed by atoms with Crippen LogP contribution in [-0.2, 0) is 10.9 Å². The van der Waals surface area contributed by atoms with Crippen molar-refractivity contribution in [3.05, 3.63) is 47.3 Å². The van der Waals surface area contributed by atoms with Crippen LogP contribution in [0.5, 0.6) is 0 Å². The number of pyridine rings is 1. The number of hydrogen-bond acceptors (Lipinski definition) is 6. The highest BCUT2D eigenvalue weighted by Gasteiger charge is 2.45. The molecule has 0 amide bonds. The Kier molecular flexibility index (Phi) is 5.31. The molecule has 1 fully saturated rings. The number of halogens is 3. The van der Waals surface area contributed by atoms with E-state index in [0.717, 1.165) is 19.0 Å². The molecule has 2 atom stereocenters. The van der Waals surface area contributed by atoms with Crippen LogP contribution in [0, 0.1) is 0 Å². The second-order valence-electron chi connectivity index (χ2n) is 7.54. The molecule has 0 spiro atoms. The maximum Gasteiger partial charge on any atom is 0.418 e. The highest BCUT2D eigenvalue weighted by atomic mass is 19.4. The topological polar surface area (TPSA) is 66.5 Å². The van der Waals surface area contributed by atoms with Crippen LogP contribution in [0.3, 0.4) is 0 Å². The molecule has 2 aliphatic heterocycles. The van der Waals surface area contributed by atoms with E-state index in [9.17, 15) is 18.0 Å². The number of alkyl halides is 3. The number of carbonyl (C=O) groups is 1. The van der Waals surface area contributed by atoms with Crippen molar-refractivity contribution in [1.29, 1.82) is 0 Å². The van der Waals surface area contributed by atoms with Crippen molar-refractivity contribution in [3.63, 3.8) is 0 Å². The summed E-state index contributed by atoms with van der Waals surface area (Å²) in [4.78, 5) is 17.7. The highest BCUT2D eigenvalue weighted by Crippen LogP contribution is 2.50. The molecule has 1 aromatic heterocycles. The lowest BCUT2D eigenvalue weighted by Crippen LogP contribution is -2.42. The Labute approximate surface area is 172 Å². The number of anilines is 3. The zero-order valence-electron chi connectivity index (χ0n) is 16.7. The van der Waals surface area contributed by atoms with Gasteiger partial charge in [-0.2, -0.15) is 13.2 Å². The van der Waals surface area contributed by atoms with E-state index >= 15 is 0 Å². The largest absolute Gasteiger partial charge is 0.462 e. The van der Waals surface area contributed by atoms with Crippen LogP contribution >= 0.6 is 0 Å². The number of fused-ring (bicyclic) bond motifs is 3. The lowest BCUT2D eigenvalue weighted by molar-refractivity contribution is -0.137. The number of nitrogens with one attached hydrogen (secondary N) is 2. The summed E-state index contributed by atoms with van der Waals surface area (Å²) >= 11 is 0. The predicted octanol–water partition coefficient (Wildman–Crippen LogP) is 3.92. The zero-order chi connectivity index (χ0) is 21.5. The molecule has 0 bridgehead atoms. The second-order valence-corrected chi connectivity index (χ2v) is 7.54. The molecule has 0 saturated carbocycles. The lowest BCUT2D eigenvalue weighted by atomic mass is 9.89. The Bertz CT molecular complexity index is 964. The maximum absolute atomic E-state index is 13.9. The average molecular weight is 420 g/mol. The molecule has 0 aliphatic carbocycles. The van der Waals surface area contributed by atoms with Crippen molar-refractivity contribution < 1.29 is 22.7 Å². The van der Waals surface area contributed by atoms with Gasteiger partial charge in [0.1, 0.15) is 0 Å². The minimum Gasteiger partial charge on any atom is -0.462 e. The molecule has 4 rings (SSSR count). The standard InChI is InChI=1S/C21H23F3N4O2/c1-3-30-20(29)12-6-14(10-26-9-12)27-13-7-15-16-11-25-5-4-18(16)28(2)19(15)17(8-13)21(22,23)24/h6-10,16,18,25,27H,3-5,11H2,1-2H3/t16-,18-/m0/s1. The molecule has 0 radical (unpaired) electrons. The number of piperidine rings is 1. The Morgan fingerprint density at radius 3 is 2.83 bits per heavy atom. The first-order chi connectivity index (χ1) is 14.3. The summed E-state index contributed by atoms with van der Waals surface area (Å²) in [6.45, 7) is 3.35. The van der Waals surface area contributed by atoms with E-state index in [0.29, 0.717) is 23.5 Å². The summed E-state index contributed by atoms with van der Waals surface area (Å²) in [6.07, 6.45) is -0.871. The van der Waals surface area contributed by atoms with Gasteiger partial charge in [-0.3, -0.25) is 4.98 Å². The first-order valence-electron chi connectivity index (χ1n) is 9.87. The molecule has 3 heterocycles. The number of likely N-dealkylation sites (N-methyl/N-ethyl adjacent to an activating group) is 1. The summed E-state index contributed by atoms with van der Waals surface area (Å²) in [5.41, 5.74) is 1.23. The van der Waals surface area contributed by atoms with Crippen LogP contribution in [0.4, 0.5) is 30.2 Å². The quantitative estimate of drug-likeness (QED) is 0.731. The first kappa shape index (κ1) is 20.5. The number of esters is 1. The minimum atomic E-state index is -4.48. The Morgan fingerprint density at radius 1 is 1.30 bits per heavy atom. The maximum atomic E-state index is 13.9. The summed E-state index contributed by atoms with van der Waals surface area (Å²) < 4.78 is 46.7. The van der Waals surface area contributed by atoms with E-state index in [1.165, 1.54) is 18.5 Å². The molecule has 30 heavy (non-hydrogen) atoms.